The Bertz CT molecular complexity index is 708. The number of amides is 1. The summed E-state index contributed by atoms with van der Waals surface area (Å²) in [6.07, 6.45) is 3.09. The summed E-state index contributed by atoms with van der Waals surface area (Å²) in [6.45, 7) is 1.97. The molecule has 21 heavy (non-hydrogen) atoms. The Hall–Kier alpha value is -2.95. The minimum Gasteiger partial charge on any atom is -0.322 e. The lowest BCUT2D eigenvalue weighted by atomic mass is 10.1. The molecule has 0 fully saturated rings. The maximum absolute atomic E-state index is 11.8. The van der Waals surface area contributed by atoms with Crippen LogP contribution in [-0.2, 0) is 4.79 Å². The lowest BCUT2D eigenvalue weighted by Gasteiger charge is -2.01. The van der Waals surface area contributed by atoms with Crippen molar-refractivity contribution in [2.45, 2.75) is 6.92 Å². The molecule has 0 aliphatic rings. The predicted octanol–water partition coefficient (Wildman–Crippen LogP) is 3.56. The Kier molecular flexibility index (Phi) is 4.46. The fourth-order valence-electron chi connectivity index (χ4n) is 1.83. The lowest BCUT2D eigenvalue weighted by Crippen LogP contribution is -2.07. The molecule has 0 aliphatic heterocycles. The van der Waals surface area contributed by atoms with Gasteiger partial charge in [0.15, 0.2) is 0 Å². The third-order valence-electron chi connectivity index (χ3n) is 2.79. The maximum Gasteiger partial charge on any atom is 0.271 e. The molecule has 0 saturated carbocycles. The van der Waals surface area contributed by atoms with Gasteiger partial charge in [-0.1, -0.05) is 35.9 Å². The molecule has 0 aliphatic carbocycles. The Balaban J connectivity index is 2.05. The highest BCUT2D eigenvalue weighted by molar-refractivity contribution is 6.02. The number of nitro groups is 1. The van der Waals surface area contributed by atoms with Crippen LogP contribution >= 0.6 is 0 Å². The minimum absolute atomic E-state index is 0.0598. The molecule has 5 nitrogen and oxygen atoms in total. The molecule has 2 aromatic carbocycles. The van der Waals surface area contributed by atoms with Gasteiger partial charge in [0.2, 0.25) is 5.91 Å². The van der Waals surface area contributed by atoms with Crippen molar-refractivity contribution >= 4 is 23.4 Å². The number of rotatable bonds is 4. The van der Waals surface area contributed by atoms with Crippen molar-refractivity contribution in [3.05, 3.63) is 75.8 Å². The van der Waals surface area contributed by atoms with Gasteiger partial charge in [-0.05, 0) is 24.6 Å². The summed E-state index contributed by atoms with van der Waals surface area (Å²) < 4.78 is 0. The minimum atomic E-state index is -0.502. The van der Waals surface area contributed by atoms with Gasteiger partial charge in [-0.2, -0.15) is 0 Å². The Morgan fingerprint density at radius 1 is 1.19 bits per heavy atom. The number of hydrogen-bond donors (Lipinski definition) is 1. The molecule has 0 atom stereocenters. The van der Waals surface area contributed by atoms with E-state index < -0.39 is 4.92 Å². The summed E-state index contributed by atoms with van der Waals surface area (Å²) in [5.74, 6) is -0.336. The summed E-state index contributed by atoms with van der Waals surface area (Å²) in [6, 6.07) is 13.6. The SMILES string of the molecule is Cc1cccc(/C=C/C(=O)Nc2cccc([N+](=O)[O-])c2)c1. The van der Waals surface area contributed by atoms with Crippen LogP contribution in [0.15, 0.2) is 54.6 Å². The van der Waals surface area contributed by atoms with Crippen molar-refractivity contribution in [3.8, 4) is 0 Å². The zero-order valence-corrected chi connectivity index (χ0v) is 11.4. The van der Waals surface area contributed by atoms with E-state index in [0.717, 1.165) is 11.1 Å². The van der Waals surface area contributed by atoms with E-state index in [2.05, 4.69) is 5.32 Å². The van der Waals surface area contributed by atoms with E-state index in [-0.39, 0.29) is 11.6 Å². The third-order valence-corrected chi connectivity index (χ3v) is 2.79. The average Bonchev–Trinajstić information content (AvgIpc) is 2.45. The van der Waals surface area contributed by atoms with Gasteiger partial charge in [0.25, 0.3) is 5.69 Å². The molecule has 0 aromatic heterocycles. The fourth-order valence-corrected chi connectivity index (χ4v) is 1.83. The van der Waals surface area contributed by atoms with E-state index in [1.165, 1.54) is 24.3 Å². The first kappa shape index (κ1) is 14.5. The van der Waals surface area contributed by atoms with Gasteiger partial charge in [0.05, 0.1) is 4.92 Å². The zero-order valence-electron chi connectivity index (χ0n) is 11.4. The molecule has 0 bridgehead atoms. The van der Waals surface area contributed by atoms with Gasteiger partial charge in [-0.15, -0.1) is 0 Å². The van der Waals surface area contributed by atoms with Gasteiger partial charge in [-0.3, -0.25) is 14.9 Å². The molecule has 1 N–H and O–H groups in total. The number of anilines is 1. The van der Waals surface area contributed by atoms with Crippen LogP contribution in [-0.4, -0.2) is 10.8 Å². The number of nitro benzene ring substituents is 1. The quantitative estimate of drug-likeness (QED) is 0.529. The monoisotopic (exact) mass is 282 g/mol. The summed E-state index contributed by atoms with van der Waals surface area (Å²) in [5, 5.41) is 13.3. The number of aryl methyl sites for hydroxylation is 1. The molecule has 106 valence electrons. The van der Waals surface area contributed by atoms with Crippen molar-refractivity contribution in [1.82, 2.24) is 0 Å². The van der Waals surface area contributed by atoms with Gasteiger partial charge in [0, 0.05) is 23.9 Å². The van der Waals surface area contributed by atoms with E-state index >= 15 is 0 Å². The molecule has 2 rings (SSSR count). The number of hydrogen-bond acceptors (Lipinski definition) is 3. The number of nitrogens with zero attached hydrogens (tertiary/aromatic N) is 1. The molecule has 2 aromatic rings. The van der Waals surface area contributed by atoms with E-state index in [1.807, 2.05) is 31.2 Å². The normalized spacial score (nSPS) is 10.5. The molecular formula is C16H14N2O3. The number of benzene rings is 2. The molecule has 0 heterocycles. The Morgan fingerprint density at radius 2 is 1.95 bits per heavy atom. The molecule has 0 unspecified atom stereocenters. The number of carbonyl (C=O) groups is 1. The molecule has 0 spiro atoms. The van der Waals surface area contributed by atoms with E-state index in [1.54, 1.807) is 12.1 Å². The van der Waals surface area contributed by atoms with Crippen molar-refractivity contribution in [3.63, 3.8) is 0 Å². The number of non-ortho nitro benzene ring substituents is 1. The fraction of sp³-hybridized carbons (Fsp3) is 0.0625. The average molecular weight is 282 g/mol. The topological polar surface area (TPSA) is 72.2 Å². The number of nitrogens with one attached hydrogen (secondary N) is 1. The summed E-state index contributed by atoms with van der Waals surface area (Å²) in [4.78, 5) is 21.9. The predicted molar refractivity (Wildman–Crippen MR) is 81.9 cm³/mol. The number of carbonyl (C=O) groups excluding carboxylic acids is 1. The molecule has 1 amide bonds. The lowest BCUT2D eigenvalue weighted by molar-refractivity contribution is -0.384. The highest BCUT2D eigenvalue weighted by Gasteiger charge is 2.06. The van der Waals surface area contributed by atoms with Crippen LogP contribution in [0.5, 0.6) is 0 Å². The zero-order chi connectivity index (χ0) is 15.2. The first-order valence-corrected chi connectivity index (χ1v) is 6.35. The van der Waals surface area contributed by atoms with Crippen LogP contribution in [0.4, 0.5) is 11.4 Å². The van der Waals surface area contributed by atoms with E-state index in [9.17, 15) is 14.9 Å². The highest BCUT2D eigenvalue weighted by Crippen LogP contribution is 2.17. The van der Waals surface area contributed by atoms with Crippen LogP contribution in [0.3, 0.4) is 0 Å². The second-order valence-corrected chi connectivity index (χ2v) is 4.54. The highest BCUT2D eigenvalue weighted by atomic mass is 16.6. The largest absolute Gasteiger partial charge is 0.322 e. The molecular weight excluding hydrogens is 268 g/mol. The molecule has 5 heteroatoms. The van der Waals surface area contributed by atoms with E-state index in [0.29, 0.717) is 5.69 Å². The van der Waals surface area contributed by atoms with Crippen molar-refractivity contribution < 1.29 is 9.72 Å². The van der Waals surface area contributed by atoms with E-state index in [4.69, 9.17) is 0 Å². The molecule has 0 saturated heterocycles. The smallest absolute Gasteiger partial charge is 0.271 e. The maximum atomic E-state index is 11.8. The second-order valence-electron chi connectivity index (χ2n) is 4.54. The van der Waals surface area contributed by atoms with Gasteiger partial charge in [0.1, 0.15) is 0 Å². The van der Waals surface area contributed by atoms with Gasteiger partial charge in [-0.25, -0.2) is 0 Å². The summed E-state index contributed by atoms with van der Waals surface area (Å²) in [7, 11) is 0. The molecule has 0 radical (unpaired) electrons. The van der Waals surface area contributed by atoms with Gasteiger partial charge < -0.3 is 5.32 Å². The van der Waals surface area contributed by atoms with Crippen LogP contribution in [0.2, 0.25) is 0 Å². The third kappa shape index (κ3) is 4.28. The first-order chi connectivity index (χ1) is 10.0. The van der Waals surface area contributed by atoms with Crippen LogP contribution in [0.1, 0.15) is 11.1 Å². The second kappa shape index (κ2) is 6.47. The van der Waals surface area contributed by atoms with Crippen LogP contribution in [0, 0.1) is 17.0 Å². The van der Waals surface area contributed by atoms with Crippen molar-refractivity contribution in [2.75, 3.05) is 5.32 Å². The van der Waals surface area contributed by atoms with Crippen LogP contribution in [0.25, 0.3) is 6.08 Å². The Morgan fingerprint density at radius 3 is 2.67 bits per heavy atom. The first-order valence-electron chi connectivity index (χ1n) is 6.35. The van der Waals surface area contributed by atoms with Gasteiger partial charge >= 0.3 is 0 Å². The van der Waals surface area contributed by atoms with Crippen molar-refractivity contribution in [2.24, 2.45) is 0 Å². The summed E-state index contributed by atoms with van der Waals surface area (Å²) >= 11 is 0. The Labute approximate surface area is 122 Å². The summed E-state index contributed by atoms with van der Waals surface area (Å²) in [5.41, 5.74) is 2.36. The van der Waals surface area contributed by atoms with Crippen LogP contribution < -0.4 is 5.32 Å². The standard InChI is InChI=1S/C16H14N2O3/c1-12-4-2-5-13(10-12)8-9-16(19)17-14-6-3-7-15(11-14)18(20)21/h2-11H,1H3,(H,17,19)/b9-8+. The van der Waals surface area contributed by atoms with Crippen molar-refractivity contribution in [1.29, 1.82) is 0 Å².